The summed E-state index contributed by atoms with van der Waals surface area (Å²) in [6.45, 7) is 2.90. The zero-order chi connectivity index (χ0) is 20.0. The van der Waals surface area contributed by atoms with Crippen molar-refractivity contribution in [3.63, 3.8) is 0 Å². The van der Waals surface area contributed by atoms with Gasteiger partial charge in [0, 0.05) is 28.9 Å². The van der Waals surface area contributed by atoms with Gasteiger partial charge in [-0.1, -0.05) is 61.9 Å². The van der Waals surface area contributed by atoms with Crippen LogP contribution in [0.1, 0.15) is 47.4 Å². The average molecular weight is 388 g/mol. The number of aromatic amines is 1. The van der Waals surface area contributed by atoms with Crippen molar-refractivity contribution in [1.82, 2.24) is 9.88 Å². The van der Waals surface area contributed by atoms with E-state index in [1.807, 2.05) is 59.5 Å². The number of carbonyl (C=O) groups is 2. The zero-order valence-corrected chi connectivity index (χ0v) is 16.4. The fraction of sp³-hybridized carbons (Fsp3) is 0.333. The summed E-state index contributed by atoms with van der Waals surface area (Å²) in [4.78, 5) is 31.5. The van der Waals surface area contributed by atoms with Crippen LogP contribution >= 0.6 is 0 Å². The molecule has 1 N–H and O–H groups in total. The van der Waals surface area contributed by atoms with Crippen LogP contribution in [0.15, 0.2) is 54.6 Å². The van der Waals surface area contributed by atoms with Crippen LogP contribution in [0.3, 0.4) is 0 Å². The number of carbonyl (C=O) groups excluding carboxylic acids is 2. The zero-order valence-electron chi connectivity index (χ0n) is 16.4. The molecule has 29 heavy (non-hydrogen) atoms. The summed E-state index contributed by atoms with van der Waals surface area (Å²) in [6.07, 6.45) is 1.23. The molecule has 0 saturated carbocycles. The van der Waals surface area contributed by atoms with Crippen LogP contribution in [0.25, 0.3) is 10.9 Å². The van der Waals surface area contributed by atoms with E-state index < -0.39 is 0 Å². The van der Waals surface area contributed by atoms with E-state index in [0.717, 1.165) is 28.5 Å². The van der Waals surface area contributed by atoms with Gasteiger partial charge in [0.2, 0.25) is 0 Å². The normalized spacial score (nSPS) is 23.1. The third kappa shape index (κ3) is 2.92. The van der Waals surface area contributed by atoms with Crippen LogP contribution in [0.4, 0.5) is 4.79 Å². The fourth-order valence-corrected chi connectivity index (χ4v) is 4.97. The maximum absolute atomic E-state index is 13.2. The first-order valence-corrected chi connectivity index (χ1v) is 10.3. The number of hydrogen-bond acceptors (Lipinski definition) is 3. The number of hydrogen-bond donors (Lipinski definition) is 1. The standard InChI is InChI=1S/C24H24N2O3/c1-2-16-13-26(24(28)29-14-15-8-4-3-5-9-15)20-12-18(16)23(27)22-21(20)17-10-6-7-11-19(17)25-22/h3-11,16,18,20,25H,2,12-14H2,1H3/t16-,18-,20-/m1/s1. The van der Waals surface area contributed by atoms with Gasteiger partial charge in [0.1, 0.15) is 6.61 Å². The van der Waals surface area contributed by atoms with Crippen molar-refractivity contribution in [3.05, 3.63) is 71.4 Å². The molecule has 0 spiro atoms. The Labute approximate surface area is 169 Å². The molecule has 0 unspecified atom stereocenters. The van der Waals surface area contributed by atoms with Gasteiger partial charge < -0.3 is 14.6 Å². The molecular formula is C24H24N2O3. The summed E-state index contributed by atoms with van der Waals surface area (Å²) in [7, 11) is 0. The van der Waals surface area contributed by atoms with E-state index in [2.05, 4.69) is 11.9 Å². The van der Waals surface area contributed by atoms with Crippen LogP contribution in [0, 0.1) is 11.8 Å². The Morgan fingerprint density at radius 1 is 1.14 bits per heavy atom. The molecule has 3 atom stereocenters. The molecule has 1 fully saturated rings. The number of fused-ring (bicyclic) bond motifs is 6. The number of para-hydroxylation sites is 1. The Hall–Kier alpha value is -3.08. The summed E-state index contributed by atoms with van der Waals surface area (Å²) in [5.41, 5.74) is 3.54. The minimum Gasteiger partial charge on any atom is -0.445 e. The van der Waals surface area contributed by atoms with E-state index in [-0.39, 0.29) is 36.4 Å². The molecule has 2 bridgehead atoms. The molecule has 5 heteroatoms. The van der Waals surface area contributed by atoms with Gasteiger partial charge in [0.05, 0.1) is 11.7 Å². The van der Waals surface area contributed by atoms with Crippen LogP contribution in [-0.4, -0.2) is 28.3 Å². The number of amides is 1. The number of ether oxygens (including phenoxy) is 1. The van der Waals surface area contributed by atoms with Crippen molar-refractivity contribution in [1.29, 1.82) is 0 Å². The number of piperidine rings is 1. The first kappa shape index (κ1) is 18.0. The molecule has 2 aromatic carbocycles. The molecule has 2 heterocycles. The van der Waals surface area contributed by atoms with E-state index in [9.17, 15) is 9.59 Å². The topological polar surface area (TPSA) is 62.4 Å². The first-order valence-electron chi connectivity index (χ1n) is 10.3. The lowest BCUT2D eigenvalue weighted by molar-refractivity contribution is 0.0259. The van der Waals surface area contributed by atoms with Crippen molar-refractivity contribution in [2.24, 2.45) is 11.8 Å². The third-order valence-corrected chi connectivity index (χ3v) is 6.48. The van der Waals surface area contributed by atoms with Gasteiger partial charge in [-0.2, -0.15) is 0 Å². The largest absolute Gasteiger partial charge is 0.445 e. The second-order valence-corrected chi connectivity index (χ2v) is 8.04. The highest BCUT2D eigenvalue weighted by Gasteiger charge is 2.48. The Morgan fingerprint density at radius 2 is 1.90 bits per heavy atom. The van der Waals surface area contributed by atoms with E-state index in [1.54, 1.807) is 0 Å². The van der Waals surface area contributed by atoms with Crippen molar-refractivity contribution in [2.75, 3.05) is 6.54 Å². The molecular weight excluding hydrogens is 364 g/mol. The number of aromatic nitrogens is 1. The van der Waals surface area contributed by atoms with Crippen molar-refractivity contribution < 1.29 is 14.3 Å². The van der Waals surface area contributed by atoms with E-state index in [4.69, 9.17) is 4.74 Å². The number of rotatable bonds is 3. The molecule has 1 aromatic heterocycles. The molecule has 5 rings (SSSR count). The maximum Gasteiger partial charge on any atom is 0.410 e. The number of nitrogens with zero attached hydrogens (tertiary/aromatic N) is 1. The minimum atomic E-state index is -0.304. The number of H-pyrrole nitrogens is 1. The number of nitrogens with one attached hydrogen (secondary N) is 1. The Balaban J connectivity index is 1.50. The van der Waals surface area contributed by atoms with E-state index in [1.165, 1.54) is 0 Å². The molecule has 1 amide bonds. The number of benzene rings is 2. The summed E-state index contributed by atoms with van der Waals surface area (Å²) in [5, 5.41) is 1.02. The predicted octanol–water partition coefficient (Wildman–Crippen LogP) is 5.09. The molecule has 0 radical (unpaired) electrons. The van der Waals surface area contributed by atoms with Crippen LogP contribution < -0.4 is 0 Å². The maximum atomic E-state index is 13.2. The van der Waals surface area contributed by atoms with Gasteiger partial charge in [-0.3, -0.25) is 4.79 Å². The van der Waals surface area contributed by atoms with E-state index >= 15 is 0 Å². The monoisotopic (exact) mass is 388 g/mol. The molecule has 2 aliphatic rings. The smallest absolute Gasteiger partial charge is 0.410 e. The molecule has 1 saturated heterocycles. The third-order valence-electron chi connectivity index (χ3n) is 6.48. The van der Waals surface area contributed by atoms with Crippen LogP contribution in [0.5, 0.6) is 0 Å². The number of Topliss-reactive ketones (excluding diaryl/α,β-unsaturated/α-hetero) is 1. The van der Waals surface area contributed by atoms with Gasteiger partial charge >= 0.3 is 6.09 Å². The second kappa shape index (κ2) is 7.07. The Morgan fingerprint density at radius 3 is 2.69 bits per heavy atom. The predicted molar refractivity (Wildman–Crippen MR) is 111 cm³/mol. The van der Waals surface area contributed by atoms with Crippen molar-refractivity contribution in [3.8, 4) is 0 Å². The number of ketones is 1. The lowest BCUT2D eigenvalue weighted by Gasteiger charge is -2.45. The summed E-state index contributed by atoms with van der Waals surface area (Å²) in [6, 6.07) is 17.5. The fourth-order valence-electron chi connectivity index (χ4n) is 4.97. The molecule has 1 aliphatic carbocycles. The quantitative estimate of drug-likeness (QED) is 0.680. The van der Waals surface area contributed by atoms with Gasteiger partial charge in [0.15, 0.2) is 5.78 Å². The molecule has 148 valence electrons. The highest BCUT2D eigenvalue weighted by atomic mass is 16.6. The lowest BCUT2D eigenvalue weighted by Crippen LogP contribution is -2.50. The summed E-state index contributed by atoms with van der Waals surface area (Å²) in [5.74, 6) is 0.308. The van der Waals surface area contributed by atoms with Crippen LogP contribution in [0.2, 0.25) is 0 Å². The van der Waals surface area contributed by atoms with Crippen LogP contribution in [-0.2, 0) is 11.3 Å². The SMILES string of the molecule is CC[C@@H]1CN(C(=O)OCc2ccccc2)[C@@H]2C[C@H]1C(=O)c1[nH]c3ccccc3c12. The summed E-state index contributed by atoms with van der Waals surface area (Å²) >= 11 is 0. The van der Waals surface area contributed by atoms with Crippen molar-refractivity contribution in [2.45, 2.75) is 32.4 Å². The minimum absolute atomic E-state index is 0.0382. The average Bonchev–Trinajstić information content (AvgIpc) is 3.16. The van der Waals surface area contributed by atoms with Gasteiger partial charge in [-0.15, -0.1) is 0 Å². The highest BCUT2D eigenvalue weighted by molar-refractivity contribution is 6.05. The van der Waals surface area contributed by atoms with Gasteiger partial charge in [-0.25, -0.2) is 4.79 Å². The van der Waals surface area contributed by atoms with E-state index in [0.29, 0.717) is 18.7 Å². The van der Waals surface area contributed by atoms with Gasteiger partial charge in [-0.05, 0) is 24.0 Å². The lowest BCUT2D eigenvalue weighted by atomic mass is 9.71. The first-order chi connectivity index (χ1) is 14.2. The van der Waals surface area contributed by atoms with Gasteiger partial charge in [0.25, 0.3) is 0 Å². The Kier molecular flexibility index (Phi) is 4.38. The molecule has 3 aromatic rings. The number of likely N-dealkylation sites (tertiary alicyclic amines) is 1. The van der Waals surface area contributed by atoms with Crippen molar-refractivity contribution >= 4 is 22.8 Å². The molecule has 1 aliphatic heterocycles. The Bertz CT molecular complexity index is 1070. The summed E-state index contributed by atoms with van der Waals surface area (Å²) < 4.78 is 5.67. The highest BCUT2D eigenvalue weighted by Crippen LogP contribution is 2.48. The molecule has 5 nitrogen and oxygen atoms in total. The second-order valence-electron chi connectivity index (χ2n) is 8.04.